The summed E-state index contributed by atoms with van der Waals surface area (Å²) in [5.41, 5.74) is 5.89. The largest absolute Gasteiger partial charge is 0.494 e. The molecule has 1 unspecified atom stereocenters. The molecule has 0 saturated carbocycles. The van der Waals surface area contributed by atoms with E-state index in [2.05, 4.69) is 68.8 Å². The SMILES string of the molecule is COc1cc(N2CCC(CN3CCN(c4ccc5c(c4)C(=O)N(C4CCC(=O)NC4=O)C5=O)CC3)CC2)c(-c2cnn(C)c2)cc1Nc1ncc(Br)c(Nc2ccc3ccccc3c2P(C)(C)=O)n1. The van der Waals surface area contributed by atoms with Gasteiger partial charge in [0.2, 0.25) is 17.8 Å². The van der Waals surface area contributed by atoms with E-state index >= 15 is 0 Å². The molecule has 4 amide bonds. The molecule has 0 aliphatic carbocycles. The molecule has 3 fully saturated rings. The third-order valence-electron chi connectivity index (χ3n) is 13.6. The van der Waals surface area contributed by atoms with Crippen LogP contribution in [-0.4, -0.2) is 125 Å². The Labute approximate surface area is 408 Å². The van der Waals surface area contributed by atoms with Crippen LogP contribution >= 0.6 is 23.1 Å². The molecule has 17 nitrogen and oxygen atoms in total. The van der Waals surface area contributed by atoms with Crippen molar-refractivity contribution >= 4 is 97.3 Å². The summed E-state index contributed by atoms with van der Waals surface area (Å²) in [6, 6.07) is 20.4. The maximum atomic E-state index is 13.7. The smallest absolute Gasteiger partial charge is 0.262 e. The molecule has 10 rings (SSSR count). The molecule has 0 radical (unpaired) electrons. The van der Waals surface area contributed by atoms with Crippen molar-refractivity contribution in [3.8, 4) is 16.9 Å². The summed E-state index contributed by atoms with van der Waals surface area (Å²) in [5.74, 6) is 0.0217. The number of hydrogen-bond acceptors (Lipinski definition) is 14. The number of rotatable bonds is 12. The zero-order valence-corrected chi connectivity index (χ0v) is 41.3. The number of fused-ring (bicyclic) bond motifs is 2. The topological polar surface area (TPSA) is 187 Å². The van der Waals surface area contributed by atoms with Gasteiger partial charge in [0.25, 0.3) is 11.8 Å². The van der Waals surface area contributed by atoms with E-state index in [4.69, 9.17) is 9.72 Å². The first kappa shape index (κ1) is 46.1. The van der Waals surface area contributed by atoms with Gasteiger partial charge in [-0.2, -0.15) is 10.1 Å². The lowest BCUT2D eigenvalue weighted by Crippen LogP contribution is -2.54. The fourth-order valence-electron chi connectivity index (χ4n) is 10.2. The van der Waals surface area contributed by atoms with Gasteiger partial charge in [-0.25, -0.2) is 4.98 Å². The van der Waals surface area contributed by atoms with E-state index in [9.17, 15) is 23.7 Å². The number of piperazine rings is 1. The fourth-order valence-corrected chi connectivity index (χ4v) is 11.9. The van der Waals surface area contributed by atoms with E-state index in [0.29, 0.717) is 44.8 Å². The van der Waals surface area contributed by atoms with Crippen LogP contribution in [0.5, 0.6) is 5.75 Å². The molecule has 6 aromatic rings. The fraction of sp³-hybridized carbons (Fsp3) is 0.340. The number of anilines is 6. The Hall–Kier alpha value is -6.62. The van der Waals surface area contributed by atoms with Gasteiger partial charge < -0.3 is 29.7 Å². The first-order chi connectivity index (χ1) is 33.2. The lowest BCUT2D eigenvalue weighted by atomic mass is 9.94. The van der Waals surface area contributed by atoms with Crippen molar-refractivity contribution in [2.75, 3.05) is 86.7 Å². The van der Waals surface area contributed by atoms with Gasteiger partial charge >= 0.3 is 0 Å². The van der Waals surface area contributed by atoms with Crippen LogP contribution in [0.1, 0.15) is 46.4 Å². The number of nitrogens with zero attached hydrogens (tertiary/aromatic N) is 8. The molecule has 0 bridgehead atoms. The number of hydrogen-bond donors (Lipinski definition) is 3. The monoisotopic (exact) mass is 1010 g/mol. The predicted octanol–water partition coefficient (Wildman–Crippen LogP) is 6.98. The van der Waals surface area contributed by atoms with Gasteiger partial charge in [0.05, 0.1) is 40.3 Å². The highest BCUT2D eigenvalue weighted by Crippen LogP contribution is 2.44. The van der Waals surface area contributed by atoms with Gasteiger partial charge in [-0.15, -0.1) is 0 Å². The van der Waals surface area contributed by atoms with Crippen LogP contribution in [0.25, 0.3) is 21.9 Å². The van der Waals surface area contributed by atoms with E-state index in [1.165, 1.54) is 0 Å². The molecule has 6 heterocycles. The van der Waals surface area contributed by atoms with E-state index in [1.807, 2.05) is 61.9 Å². The zero-order chi connectivity index (χ0) is 48.1. The summed E-state index contributed by atoms with van der Waals surface area (Å²) >= 11 is 3.63. The van der Waals surface area contributed by atoms with Gasteiger partial charge in [-0.3, -0.25) is 39.0 Å². The van der Waals surface area contributed by atoms with Crippen LogP contribution in [0.2, 0.25) is 0 Å². The van der Waals surface area contributed by atoms with Crippen LogP contribution in [0, 0.1) is 5.92 Å². The molecule has 19 heteroatoms. The highest BCUT2D eigenvalue weighted by atomic mass is 79.9. The van der Waals surface area contributed by atoms with Crippen LogP contribution in [0.4, 0.5) is 34.5 Å². The van der Waals surface area contributed by atoms with Crippen LogP contribution in [0.15, 0.2) is 89.8 Å². The quantitative estimate of drug-likeness (QED) is 0.0842. The highest BCUT2D eigenvalue weighted by Gasteiger charge is 2.45. The molecule has 4 aliphatic rings. The Morgan fingerprint density at radius 1 is 0.826 bits per heavy atom. The zero-order valence-electron chi connectivity index (χ0n) is 38.9. The molecule has 4 aliphatic heterocycles. The Balaban J connectivity index is 0.801. The number of amides is 4. The molecule has 2 aromatic heterocycles. The maximum absolute atomic E-state index is 13.7. The second kappa shape index (κ2) is 18.7. The van der Waals surface area contributed by atoms with Crippen molar-refractivity contribution in [2.45, 2.75) is 31.7 Å². The number of halogens is 1. The third kappa shape index (κ3) is 9.20. The summed E-state index contributed by atoms with van der Waals surface area (Å²) in [4.78, 5) is 68.7. The van der Waals surface area contributed by atoms with E-state index in [1.54, 1.807) is 43.5 Å². The average molecular weight is 1010 g/mol. The maximum Gasteiger partial charge on any atom is 0.262 e. The number of carbonyl (C=O) groups is 4. The van der Waals surface area contributed by atoms with Gasteiger partial charge in [0, 0.05) is 106 Å². The molecular formula is C50H53BrN11O6P. The third-order valence-corrected chi connectivity index (χ3v) is 15.8. The Kier molecular flexibility index (Phi) is 12.5. The second-order valence-electron chi connectivity index (χ2n) is 18.5. The van der Waals surface area contributed by atoms with Gasteiger partial charge in [0.15, 0.2) is 0 Å². The number of piperidine rings is 2. The van der Waals surface area contributed by atoms with E-state index < -0.39 is 36.8 Å². The Morgan fingerprint density at radius 3 is 2.32 bits per heavy atom. The van der Waals surface area contributed by atoms with Crippen molar-refractivity contribution < 1.29 is 28.5 Å². The number of benzene rings is 4. The van der Waals surface area contributed by atoms with E-state index in [0.717, 1.165) is 102 Å². The second-order valence-corrected chi connectivity index (χ2v) is 22.5. The van der Waals surface area contributed by atoms with Crippen molar-refractivity contribution in [2.24, 2.45) is 13.0 Å². The Morgan fingerprint density at radius 2 is 1.59 bits per heavy atom. The van der Waals surface area contributed by atoms with Gasteiger partial charge in [-0.05, 0) is 95.5 Å². The normalized spacial score (nSPS) is 18.2. The molecule has 4 aromatic carbocycles. The lowest BCUT2D eigenvalue weighted by Gasteiger charge is -2.40. The minimum Gasteiger partial charge on any atom is -0.494 e. The summed E-state index contributed by atoms with van der Waals surface area (Å²) in [7, 11) is 0.855. The summed E-state index contributed by atoms with van der Waals surface area (Å²) in [5, 5.41) is 16.4. The number of carbonyl (C=O) groups excluding carboxylic acids is 4. The summed E-state index contributed by atoms with van der Waals surface area (Å²) in [6.07, 6.45) is 7.82. The van der Waals surface area contributed by atoms with Crippen molar-refractivity contribution in [3.63, 3.8) is 0 Å². The number of imide groups is 2. The van der Waals surface area contributed by atoms with Gasteiger partial charge in [-0.1, -0.05) is 30.3 Å². The number of nitrogens with one attached hydrogen (secondary N) is 3. The number of aromatic nitrogens is 4. The minimum absolute atomic E-state index is 0.0831. The molecule has 69 heavy (non-hydrogen) atoms. The molecule has 356 valence electrons. The van der Waals surface area contributed by atoms with Crippen LogP contribution in [0.3, 0.4) is 0 Å². The predicted molar refractivity (Wildman–Crippen MR) is 271 cm³/mol. The molecule has 1 atom stereocenters. The van der Waals surface area contributed by atoms with Crippen LogP contribution in [-0.2, 0) is 21.2 Å². The lowest BCUT2D eigenvalue weighted by molar-refractivity contribution is -0.136. The van der Waals surface area contributed by atoms with E-state index in [-0.39, 0.29) is 18.4 Å². The first-order valence-corrected chi connectivity index (χ1v) is 26.5. The number of ether oxygens (including phenoxy) is 1. The van der Waals surface area contributed by atoms with Crippen molar-refractivity contribution in [3.05, 3.63) is 101 Å². The standard InChI is InChI=1S/C50H53BrN11O6P/c1-58-29-32(26-53-58)36-24-40(55-50-52-27-38(51)46(57-50)54-39-12-9-31-7-5-6-8-34(31)45(39)69(3,4)67)43(68-2)25-42(36)61-17-15-30(16-18-61)28-59-19-21-60(22-20-59)33-10-11-35-37(23-33)49(66)62(48(35)65)41-13-14-44(63)56-47(41)64/h5-12,23-27,29-30,41H,13-22,28H2,1-4H3,(H,56,63,64)(H2,52,54,55,57). The summed E-state index contributed by atoms with van der Waals surface area (Å²) in [6.45, 7) is 9.59. The minimum atomic E-state index is -2.71. The average Bonchev–Trinajstić information content (AvgIpc) is 3.88. The summed E-state index contributed by atoms with van der Waals surface area (Å²) < 4.78 is 22.2. The number of aryl methyl sites for hydroxylation is 1. The molecular weight excluding hydrogens is 961 g/mol. The molecule has 0 spiro atoms. The van der Waals surface area contributed by atoms with Gasteiger partial charge in [0.1, 0.15) is 24.8 Å². The highest BCUT2D eigenvalue weighted by molar-refractivity contribution is 9.10. The van der Waals surface area contributed by atoms with Crippen molar-refractivity contribution in [1.29, 1.82) is 0 Å². The number of methoxy groups -OCH3 is 1. The van der Waals surface area contributed by atoms with Crippen LogP contribution < -0.4 is 35.8 Å². The van der Waals surface area contributed by atoms with Crippen molar-refractivity contribution in [1.82, 2.24) is 34.9 Å². The molecule has 3 N–H and O–H groups in total. The first-order valence-electron chi connectivity index (χ1n) is 23.1. The Bertz CT molecular complexity index is 3090. The molecule has 3 saturated heterocycles.